The average molecular weight is 312 g/mol. The third-order valence-corrected chi connectivity index (χ3v) is 3.88. The summed E-state index contributed by atoms with van der Waals surface area (Å²) in [5.41, 5.74) is 13.6. The lowest BCUT2D eigenvalue weighted by molar-refractivity contribution is 0.0962. The van der Waals surface area contributed by atoms with Gasteiger partial charge in [0, 0.05) is 18.7 Å². The number of hydrogen-bond acceptors (Lipinski definition) is 6. The van der Waals surface area contributed by atoms with Gasteiger partial charge >= 0.3 is 0 Å². The molecule has 3 rings (SSSR count). The van der Waals surface area contributed by atoms with Crippen LogP contribution in [0.1, 0.15) is 28.8 Å². The molecule has 2 heterocycles. The van der Waals surface area contributed by atoms with E-state index >= 15 is 0 Å². The molecular formula is C16H20N6O. The predicted octanol–water partition coefficient (Wildman–Crippen LogP) is 1.72. The normalized spacial score (nSPS) is 13.9. The van der Waals surface area contributed by atoms with Crippen LogP contribution in [-0.2, 0) is 0 Å². The molecule has 0 saturated carbocycles. The fourth-order valence-electron chi connectivity index (χ4n) is 2.56. The van der Waals surface area contributed by atoms with E-state index < -0.39 is 0 Å². The molecule has 1 aromatic carbocycles. The summed E-state index contributed by atoms with van der Waals surface area (Å²) in [5, 5.41) is 0. The number of hydrazine groups is 1. The molecule has 7 heteroatoms. The Labute approximate surface area is 134 Å². The number of benzene rings is 1. The van der Waals surface area contributed by atoms with E-state index in [-0.39, 0.29) is 5.91 Å². The van der Waals surface area contributed by atoms with Gasteiger partial charge in [-0.05, 0) is 31.9 Å². The van der Waals surface area contributed by atoms with Crippen LogP contribution in [0.4, 0.5) is 17.3 Å². The predicted molar refractivity (Wildman–Crippen MR) is 90.2 cm³/mol. The molecule has 1 aromatic heterocycles. The fourth-order valence-corrected chi connectivity index (χ4v) is 2.56. The summed E-state index contributed by atoms with van der Waals surface area (Å²) in [6, 6.07) is 7.32. The van der Waals surface area contributed by atoms with Crippen molar-refractivity contribution in [2.75, 3.05) is 29.1 Å². The van der Waals surface area contributed by atoms with Gasteiger partial charge in [0.2, 0.25) is 0 Å². The Morgan fingerprint density at radius 3 is 2.57 bits per heavy atom. The molecule has 1 fully saturated rings. The molecular weight excluding hydrogens is 292 g/mol. The highest BCUT2D eigenvalue weighted by Crippen LogP contribution is 2.28. The number of nitrogen functional groups attached to an aromatic ring is 1. The van der Waals surface area contributed by atoms with Crippen LogP contribution in [0.15, 0.2) is 30.6 Å². The second-order valence-corrected chi connectivity index (χ2v) is 5.60. The van der Waals surface area contributed by atoms with Crippen molar-refractivity contribution in [3.05, 3.63) is 41.7 Å². The van der Waals surface area contributed by atoms with Crippen LogP contribution in [0.25, 0.3) is 0 Å². The molecule has 1 saturated heterocycles. The highest BCUT2D eigenvalue weighted by Gasteiger charge is 2.18. The summed E-state index contributed by atoms with van der Waals surface area (Å²) in [5.74, 6) is 0.873. The van der Waals surface area contributed by atoms with Gasteiger partial charge in [0.15, 0.2) is 11.6 Å². The van der Waals surface area contributed by atoms with Gasteiger partial charge in [0.05, 0.1) is 0 Å². The van der Waals surface area contributed by atoms with Gasteiger partial charge in [-0.1, -0.05) is 17.7 Å². The lowest BCUT2D eigenvalue weighted by atomic mass is 10.1. The summed E-state index contributed by atoms with van der Waals surface area (Å²) in [7, 11) is 0. The average Bonchev–Trinajstić information content (AvgIpc) is 3.08. The van der Waals surface area contributed by atoms with Crippen molar-refractivity contribution in [3.8, 4) is 0 Å². The van der Waals surface area contributed by atoms with Gasteiger partial charge < -0.3 is 10.6 Å². The first kappa shape index (κ1) is 15.1. The monoisotopic (exact) mass is 312 g/mol. The van der Waals surface area contributed by atoms with E-state index in [2.05, 4.69) is 25.7 Å². The maximum Gasteiger partial charge on any atom is 0.269 e. The number of rotatable bonds is 4. The van der Waals surface area contributed by atoms with E-state index in [1.54, 1.807) is 12.1 Å². The number of nitrogens with zero attached hydrogens (tertiary/aromatic N) is 3. The highest BCUT2D eigenvalue weighted by molar-refractivity contribution is 5.95. The quantitative estimate of drug-likeness (QED) is 0.744. The summed E-state index contributed by atoms with van der Waals surface area (Å²) in [6.07, 6.45) is 3.72. The Morgan fingerprint density at radius 1 is 1.17 bits per heavy atom. The van der Waals surface area contributed by atoms with Gasteiger partial charge in [-0.3, -0.25) is 15.6 Å². The number of carbonyl (C=O) groups excluding carboxylic acids is 1. The first-order valence-electron chi connectivity index (χ1n) is 7.63. The van der Waals surface area contributed by atoms with Crippen molar-refractivity contribution in [2.24, 2.45) is 0 Å². The van der Waals surface area contributed by atoms with E-state index in [1.807, 2.05) is 19.1 Å². The molecule has 0 spiro atoms. The van der Waals surface area contributed by atoms with Crippen LogP contribution < -0.4 is 21.5 Å². The van der Waals surface area contributed by atoms with Gasteiger partial charge in [-0.25, -0.2) is 9.97 Å². The largest absolute Gasteiger partial charge is 0.393 e. The van der Waals surface area contributed by atoms with Crippen LogP contribution in [-0.4, -0.2) is 29.0 Å². The van der Waals surface area contributed by atoms with Gasteiger partial charge in [0.1, 0.15) is 12.0 Å². The highest BCUT2D eigenvalue weighted by atomic mass is 16.2. The topological polar surface area (TPSA) is 96.2 Å². The molecule has 0 bridgehead atoms. The molecule has 23 heavy (non-hydrogen) atoms. The first-order valence-corrected chi connectivity index (χ1v) is 7.63. The standard InChI is InChI=1S/C16H20N6O/c1-11-4-6-12(7-5-11)16(23)21-20-14-13(17)15(19-10-18-14)22-8-2-3-9-22/h4-7,10H,2-3,8-9,17H2,1H3,(H,21,23)(H,18,19,20). The van der Waals surface area contributed by atoms with Crippen molar-refractivity contribution < 1.29 is 4.79 Å². The van der Waals surface area contributed by atoms with E-state index in [0.717, 1.165) is 31.5 Å². The summed E-state index contributed by atoms with van der Waals surface area (Å²) in [4.78, 5) is 22.6. The molecule has 0 unspecified atom stereocenters. The molecule has 4 N–H and O–H groups in total. The number of anilines is 3. The van der Waals surface area contributed by atoms with Crippen molar-refractivity contribution in [3.63, 3.8) is 0 Å². The number of hydrogen-bond donors (Lipinski definition) is 3. The van der Waals surface area contributed by atoms with Gasteiger partial charge in [-0.15, -0.1) is 0 Å². The Morgan fingerprint density at radius 2 is 1.87 bits per heavy atom. The summed E-state index contributed by atoms with van der Waals surface area (Å²) < 4.78 is 0. The van der Waals surface area contributed by atoms with Crippen LogP contribution in [0.5, 0.6) is 0 Å². The molecule has 0 aliphatic carbocycles. The molecule has 2 aromatic rings. The smallest absolute Gasteiger partial charge is 0.269 e. The number of nitrogens with two attached hydrogens (primary N) is 1. The Kier molecular flexibility index (Phi) is 4.27. The fraction of sp³-hybridized carbons (Fsp3) is 0.312. The number of aryl methyl sites for hydroxylation is 1. The first-order chi connectivity index (χ1) is 11.1. The lowest BCUT2D eigenvalue weighted by Crippen LogP contribution is -2.31. The minimum Gasteiger partial charge on any atom is -0.393 e. The third-order valence-electron chi connectivity index (χ3n) is 3.88. The Balaban J connectivity index is 1.69. The molecule has 120 valence electrons. The van der Waals surface area contributed by atoms with E-state index in [0.29, 0.717) is 22.9 Å². The molecule has 1 aliphatic heterocycles. The second-order valence-electron chi connectivity index (χ2n) is 5.60. The maximum absolute atomic E-state index is 12.1. The summed E-state index contributed by atoms with van der Waals surface area (Å²) >= 11 is 0. The lowest BCUT2D eigenvalue weighted by Gasteiger charge is -2.19. The molecule has 1 amide bonds. The molecule has 0 atom stereocenters. The molecule has 7 nitrogen and oxygen atoms in total. The number of nitrogens with one attached hydrogen (secondary N) is 2. The van der Waals surface area contributed by atoms with E-state index in [1.165, 1.54) is 6.33 Å². The van der Waals surface area contributed by atoms with E-state index in [4.69, 9.17) is 5.73 Å². The number of carbonyl (C=O) groups is 1. The van der Waals surface area contributed by atoms with Crippen molar-refractivity contribution in [1.29, 1.82) is 0 Å². The molecule has 0 radical (unpaired) electrons. The minimum absolute atomic E-state index is 0.245. The van der Waals surface area contributed by atoms with Gasteiger partial charge in [-0.2, -0.15) is 0 Å². The van der Waals surface area contributed by atoms with Crippen LogP contribution >= 0.6 is 0 Å². The SMILES string of the molecule is Cc1ccc(C(=O)NNc2ncnc(N3CCCC3)c2N)cc1. The van der Waals surface area contributed by atoms with Crippen molar-refractivity contribution in [2.45, 2.75) is 19.8 Å². The minimum atomic E-state index is -0.245. The van der Waals surface area contributed by atoms with Gasteiger partial charge in [0.25, 0.3) is 5.91 Å². The van der Waals surface area contributed by atoms with Crippen molar-refractivity contribution >= 4 is 23.2 Å². The number of aromatic nitrogens is 2. The van der Waals surface area contributed by atoms with E-state index in [9.17, 15) is 4.79 Å². The Hall–Kier alpha value is -2.83. The zero-order chi connectivity index (χ0) is 16.2. The summed E-state index contributed by atoms with van der Waals surface area (Å²) in [6.45, 7) is 3.86. The van der Waals surface area contributed by atoms with Crippen LogP contribution in [0.2, 0.25) is 0 Å². The van der Waals surface area contributed by atoms with Crippen LogP contribution in [0.3, 0.4) is 0 Å². The Bertz CT molecular complexity index is 694. The molecule has 1 aliphatic rings. The van der Waals surface area contributed by atoms with Crippen LogP contribution in [0, 0.1) is 6.92 Å². The maximum atomic E-state index is 12.1. The second kappa shape index (κ2) is 6.51. The van der Waals surface area contributed by atoms with Crippen molar-refractivity contribution in [1.82, 2.24) is 15.4 Å². The third kappa shape index (κ3) is 3.33. The zero-order valence-corrected chi connectivity index (χ0v) is 13.0. The number of amides is 1. The zero-order valence-electron chi connectivity index (χ0n) is 13.0.